The molecule has 2 unspecified atom stereocenters. The third kappa shape index (κ3) is 5.70. The zero-order valence-corrected chi connectivity index (χ0v) is 16.6. The highest BCUT2D eigenvalue weighted by molar-refractivity contribution is 5.55. The van der Waals surface area contributed by atoms with Gasteiger partial charge in [0.1, 0.15) is 19.0 Å². The van der Waals surface area contributed by atoms with E-state index >= 15 is 0 Å². The van der Waals surface area contributed by atoms with Gasteiger partial charge < -0.3 is 24.8 Å². The fourth-order valence-electron chi connectivity index (χ4n) is 3.43. The van der Waals surface area contributed by atoms with Crippen LogP contribution >= 0.6 is 0 Å². The van der Waals surface area contributed by atoms with Crippen molar-refractivity contribution in [2.24, 2.45) is 0 Å². The highest BCUT2D eigenvalue weighted by Gasteiger charge is 2.21. The van der Waals surface area contributed by atoms with E-state index in [-0.39, 0.29) is 12.4 Å². The number of ether oxygens (including phenoxy) is 3. The van der Waals surface area contributed by atoms with Gasteiger partial charge in [-0.1, -0.05) is 6.92 Å². The van der Waals surface area contributed by atoms with Gasteiger partial charge in [0.25, 0.3) is 0 Å². The second-order valence-corrected chi connectivity index (χ2v) is 6.89. The molecule has 2 aliphatic rings. The molecule has 2 heterocycles. The van der Waals surface area contributed by atoms with Gasteiger partial charge in [0, 0.05) is 31.4 Å². The maximum Gasteiger partial charge on any atom is 0.163 e. The Balaban J connectivity index is 1.59. The van der Waals surface area contributed by atoms with Gasteiger partial charge in [-0.3, -0.25) is 15.5 Å². The Hall–Kier alpha value is -1.58. The molecule has 4 N–H and O–H groups in total. The minimum absolute atomic E-state index is 0.00256. The molecule has 1 aromatic rings. The molecule has 0 aliphatic carbocycles. The fourth-order valence-corrected chi connectivity index (χ4v) is 3.43. The summed E-state index contributed by atoms with van der Waals surface area (Å²) in [7, 11) is 3.62. The standard InChI is InChI=1S/C19H33N5O3/c1-4-24-9-10-26-15(12-24)13-27-17-11-14(5-6-16(17)25-3)22-19-21-8-7-18(20-2)23-19/h5-6,11,15,18-23H,4,7-10,12-13H2,1-3H3/t15-,18?,19?/m1/s1. The van der Waals surface area contributed by atoms with Crippen LogP contribution < -0.4 is 30.7 Å². The Morgan fingerprint density at radius 3 is 3.00 bits per heavy atom. The van der Waals surface area contributed by atoms with Crippen molar-refractivity contribution in [3.8, 4) is 11.5 Å². The van der Waals surface area contributed by atoms with Crippen molar-refractivity contribution in [1.29, 1.82) is 0 Å². The lowest BCUT2D eigenvalue weighted by Gasteiger charge is -2.33. The minimum Gasteiger partial charge on any atom is -0.493 e. The summed E-state index contributed by atoms with van der Waals surface area (Å²) in [6, 6.07) is 5.90. The molecule has 0 amide bonds. The summed E-state index contributed by atoms with van der Waals surface area (Å²) in [4.78, 5) is 2.38. The molecule has 152 valence electrons. The lowest BCUT2D eigenvalue weighted by atomic mass is 10.2. The zero-order valence-electron chi connectivity index (χ0n) is 16.6. The lowest BCUT2D eigenvalue weighted by molar-refractivity contribution is -0.0466. The van der Waals surface area contributed by atoms with E-state index in [1.807, 2.05) is 25.2 Å². The second-order valence-electron chi connectivity index (χ2n) is 6.89. The average Bonchev–Trinajstić information content (AvgIpc) is 2.72. The monoisotopic (exact) mass is 379 g/mol. The van der Waals surface area contributed by atoms with Gasteiger partial charge in [-0.05, 0) is 32.1 Å². The smallest absolute Gasteiger partial charge is 0.163 e. The van der Waals surface area contributed by atoms with Crippen LogP contribution in [0.2, 0.25) is 0 Å². The molecule has 27 heavy (non-hydrogen) atoms. The number of nitrogens with zero attached hydrogens (tertiary/aromatic N) is 1. The van der Waals surface area contributed by atoms with E-state index in [1.165, 1.54) is 0 Å². The summed E-state index contributed by atoms with van der Waals surface area (Å²) in [6.07, 6.45) is 1.42. The van der Waals surface area contributed by atoms with E-state index in [0.29, 0.717) is 12.8 Å². The summed E-state index contributed by atoms with van der Waals surface area (Å²) in [5.41, 5.74) is 0.965. The highest BCUT2D eigenvalue weighted by atomic mass is 16.5. The van der Waals surface area contributed by atoms with Crippen LogP contribution in [0.3, 0.4) is 0 Å². The molecule has 1 aromatic carbocycles. The van der Waals surface area contributed by atoms with Crippen LogP contribution in [0, 0.1) is 0 Å². The summed E-state index contributed by atoms with van der Waals surface area (Å²) in [6.45, 7) is 7.32. The Morgan fingerprint density at radius 1 is 1.33 bits per heavy atom. The minimum atomic E-state index is -0.00256. The van der Waals surface area contributed by atoms with Crippen LogP contribution in [0.4, 0.5) is 5.69 Å². The van der Waals surface area contributed by atoms with Crippen LogP contribution in [-0.2, 0) is 4.74 Å². The maximum absolute atomic E-state index is 6.06. The number of morpholine rings is 1. The summed E-state index contributed by atoms with van der Waals surface area (Å²) < 4.78 is 17.4. The molecular formula is C19H33N5O3. The fraction of sp³-hybridized carbons (Fsp3) is 0.684. The van der Waals surface area contributed by atoms with Crippen LogP contribution in [0.5, 0.6) is 11.5 Å². The Labute approximate surface area is 161 Å². The van der Waals surface area contributed by atoms with Gasteiger partial charge >= 0.3 is 0 Å². The number of methoxy groups -OCH3 is 1. The first-order valence-electron chi connectivity index (χ1n) is 9.80. The first kappa shape index (κ1) is 20.2. The third-order valence-electron chi connectivity index (χ3n) is 5.07. The molecule has 3 atom stereocenters. The first-order valence-corrected chi connectivity index (χ1v) is 9.80. The summed E-state index contributed by atoms with van der Waals surface area (Å²) >= 11 is 0. The van der Waals surface area contributed by atoms with E-state index in [1.54, 1.807) is 7.11 Å². The maximum atomic E-state index is 6.06. The second kappa shape index (κ2) is 10.1. The number of rotatable bonds is 8. The van der Waals surface area contributed by atoms with Gasteiger partial charge in [0.05, 0.1) is 19.9 Å². The molecule has 0 saturated carbocycles. The van der Waals surface area contributed by atoms with Gasteiger partial charge in [-0.2, -0.15) is 0 Å². The van der Waals surface area contributed by atoms with Crippen molar-refractivity contribution in [3.05, 3.63) is 18.2 Å². The number of benzene rings is 1. The quantitative estimate of drug-likeness (QED) is 0.524. The van der Waals surface area contributed by atoms with Gasteiger partial charge in [0.2, 0.25) is 0 Å². The highest BCUT2D eigenvalue weighted by Crippen LogP contribution is 2.30. The normalized spacial score (nSPS) is 26.6. The van der Waals surface area contributed by atoms with Crippen LogP contribution in [0.1, 0.15) is 13.3 Å². The van der Waals surface area contributed by atoms with E-state index < -0.39 is 0 Å². The van der Waals surface area contributed by atoms with Crippen molar-refractivity contribution in [2.45, 2.75) is 31.9 Å². The third-order valence-corrected chi connectivity index (χ3v) is 5.07. The van der Waals surface area contributed by atoms with E-state index in [0.717, 1.165) is 56.4 Å². The SMILES string of the molecule is CCN1CCO[C@@H](COc2cc(NC3NCCC(NC)N3)ccc2OC)C1. The largest absolute Gasteiger partial charge is 0.493 e. The zero-order chi connectivity index (χ0) is 19.1. The molecule has 8 nitrogen and oxygen atoms in total. The average molecular weight is 380 g/mol. The van der Waals surface area contributed by atoms with Crippen molar-refractivity contribution in [3.63, 3.8) is 0 Å². The van der Waals surface area contributed by atoms with Crippen molar-refractivity contribution < 1.29 is 14.2 Å². The van der Waals surface area contributed by atoms with Crippen molar-refractivity contribution in [1.82, 2.24) is 20.9 Å². The molecule has 3 rings (SSSR count). The van der Waals surface area contributed by atoms with Gasteiger partial charge in [-0.15, -0.1) is 0 Å². The van der Waals surface area contributed by atoms with Crippen molar-refractivity contribution >= 4 is 5.69 Å². The Kier molecular flexibility index (Phi) is 7.54. The number of hydrogen-bond donors (Lipinski definition) is 4. The lowest BCUT2D eigenvalue weighted by Crippen LogP contribution is -2.61. The van der Waals surface area contributed by atoms with Crippen LogP contribution in [-0.4, -0.2) is 77.0 Å². The molecular weight excluding hydrogens is 346 g/mol. The molecule has 0 aromatic heterocycles. The van der Waals surface area contributed by atoms with Crippen LogP contribution in [0.15, 0.2) is 18.2 Å². The van der Waals surface area contributed by atoms with E-state index in [4.69, 9.17) is 14.2 Å². The summed E-state index contributed by atoms with van der Waals surface area (Å²) in [5.74, 6) is 1.45. The van der Waals surface area contributed by atoms with Crippen LogP contribution in [0.25, 0.3) is 0 Å². The molecule has 0 bridgehead atoms. The Bertz CT molecular complexity index is 588. The molecule has 2 aliphatic heterocycles. The van der Waals surface area contributed by atoms with Gasteiger partial charge in [-0.25, -0.2) is 0 Å². The van der Waals surface area contributed by atoms with Crippen molar-refractivity contribution in [2.75, 3.05) is 58.9 Å². The first-order chi connectivity index (χ1) is 13.2. The topological polar surface area (TPSA) is 79.1 Å². The molecule has 2 saturated heterocycles. The van der Waals surface area contributed by atoms with Gasteiger partial charge in [0.15, 0.2) is 11.5 Å². The molecule has 8 heteroatoms. The predicted molar refractivity (Wildman–Crippen MR) is 106 cm³/mol. The van der Waals surface area contributed by atoms with E-state index in [2.05, 4.69) is 33.1 Å². The molecule has 2 fully saturated rings. The van der Waals surface area contributed by atoms with E-state index in [9.17, 15) is 0 Å². The predicted octanol–water partition coefficient (Wildman–Crippen LogP) is 0.619. The molecule has 0 radical (unpaired) electrons. The summed E-state index contributed by atoms with van der Waals surface area (Å²) in [5, 5.41) is 13.6. The Morgan fingerprint density at radius 2 is 2.22 bits per heavy atom. The number of hydrogen-bond acceptors (Lipinski definition) is 8. The molecule has 0 spiro atoms. The number of anilines is 1. The number of likely N-dealkylation sites (N-methyl/N-ethyl adjacent to an activating group) is 1. The number of nitrogens with one attached hydrogen (secondary N) is 4.